The Morgan fingerprint density at radius 2 is 2.06 bits per heavy atom. The summed E-state index contributed by atoms with van der Waals surface area (Å²) >= 11 is 4.06. The first-order chi connectivity index (χ1) is 7.79. The van der Waals surface area contributed by atoms with E-state index in [0.717, 1.165) is 6.42 Å². The predicted molar refractivity (Wildman–Crippen MR) is 68.0 cm³/mol. The molecule has 0 aliphatic heterocycles. The van der Waals surface area contributed by atoms with Gasteiger partial charge < -0.3 is 4.74 Å². The van der Waals surface area contributed by atoms with Gasteiger partial charge in [-0.05, 0) is 30.0 Å². The molecule has 0 atom stereocenters. The van der Waals surface area contributed by atoms with Gasteiger partial charge in [0.05, 0.1) is 12.2 Å². The molecule has 2 nitrogen and oxygen atoms in total. The van der Waals surface area contributed by atoms with Crippen molar-refractivity contribution in [2.24, 2.45) is 5.41 Å². The maximum Gasteiger partial charge on any atom is 0.341 e. The van der Waals surface area contributed by atoms with Crippen molar-refractivity contribution in [1.29, 1.82) is 0 Å². The molecule has 0 saturated heterocycles. The molecule has 4 heteroatoms. The standard InChI is InChI=1S/C13H17FO2S/c1-13(2,3)6-7-16-12(15)10-8-9(17)4-5-11(10)14/h4-5,8,17H,6-7H2,1-3H3. The molecular formula is C13H17FO2S. The van der Waals surface area contributed by atoms with E-state index >= 15 is 0 Å². The van der Waals surface area contributed by atoms with Crippen molar-refractivity contribution < 1.29 is 13.9 Å². The van der Waals surface area contributed by atoms with Gasteiger partial charge in [-0.1, -0.05) is 20.8 Å². The van der Waals surface area contributed by atoms with E-state index in [2.05, 4.69) is 33.4 Å². The SMILES string of the molecule is CC(C)(C)CCOC(=O)c1cc(S)ccc1F. The Morgan fingerprint density at radius 1 is 1.41 bits per heavy atom. The third-order valence-electron chi connectivity index (χ3n) is 2.26. The lowest BCUT2D eigenvalue weighted by molar-refractivity contribution is 0.0459. The van der Waals surface area contributed by atoms with Gasteiger partial charge in [-0.2, -0.15) is 0 Å². The zero-order valence-corrected chi connectivity index (χ0v) is 11.2. The lowest BCUT2D eigenvalue weighted by atomic mass is 9.93. The molecule has 1 rings (SSSR count). The average Bonchev–Trinajstić information content (AvgIpc) is 2.19. The minimum absolute atomic E-state index is 0.0635. The number of hydrogen-bond donors (Lipinski definition) is 1. The first-order valence-corrected chi connectivity index (χ1v) is 5.90. The summed E-state index contributed by atoms with van der Waals surface area (Å²) in [5.41, 5.74) is 0.0240. The third-order valence-corrected chi connectivity index (χ3v) is 2.53. The van der Waals surface area contributed by atoms with Crippen molar-refractivity contribution in [2.75, 3.05) is 6.61 Å². The van der Waals surface area contributed by atoms with Crippen LogP contribution < -0.4 is 0 Å². The molecule has 0 radical (unpaired) electrons. The monoisotopic (exact) mass is 256 g/mol. The molecule has 0 amide bonds. The Labute approximate surface area is 107 Å². The molecular weight excluding hydrogens is 239 g/mol. The Bertz CT molecular complexity index is 410. The smallest absolute Gasteiger partial charge is 0.341 e. The highest BCUT2D eigenvalue weighted by molar-refractivity contribution is 7.80. The van der Waals surface area contributed by atoms with Crippen LogP contribution in [0.25, 0.3) is 0 Å². The normalized spacial score (nSPS) is 11.4. The summed E-state index contributed by atoms with van der Waals surface area (Å²) in [6, 6.07) is 4.07. The summed E-state index contributed by atoms with van der Waals surface area (Å²) < 4.78 is 18.4. The average molecular weight is 256 g/mol. The molecule has 0 aliphatic carbocycles. The van der Waals surface area contributed by atoms with Crippen LogP contribution in [-0.2, 0) is 4.74 Å². The van der Waals surface area contributed by atoms with Gasteiger partial charge in [0.25, 0.3) is 0 Å². The van der Waals surface area contributed by atoms with E-state index in [1.165, 1.54) is 18.2 Å². The molecule has 94 valence electrons. The molecule has 0 aromatic heterocycles. The van der Waals surface area contributed by atoms with Crippen molar-refractivity contribution in [2.45, 2.75) is 32.1 Å². The lowest BCUT2D eigenvalue weighted by Crippen LogP contribution is -2.14. The number of esters is 1. The molecule has 0 fully saturated rings. The molecule has 0 unspecified atom stereocenters. The number of rotatable bonds is 3. The first-order valence-electron chi connectivity index (χ1n) is 5.45. The Kier molecular flexibility index (Phi) is 4.57. The number of ether oxygens (including phenoxy) is 1. The number of thiol groups is 1. The molecule has 0 saturated carbocycles. The highest BCUT2D eigenvalue weighted by Gasteiger charge is 2.15. The van der Waals surface area contributed by atoms with E-state index in [1.807, 2.05) is 0 Å². The highest BCUT2D eigenvalue weighted by Crippen LogP contribution is 2.19. The van der Waals surface area contributed by atoms with Crippen LogP contribution in [0.4, 0.5) is 4.39 Å². The lowest BCUT2D eigenvalue weighted by Gasteiger charge is -2.17. The quantitative estimate of drug-likeness (QED) is 0.659. The summed E-state index contributed by atoms with van der Waals surface area (Å²) in [6.45, 7) is 6.44. The molecule has 0 aliphatic rings. The number of halogens is 1. The fourth-order valence-corrected chi connectivity index (χ4v) is 1.40. The van der Waals surface area contributed by atoms with E-state index in [4.69, 9.17) is 4.74 Å². The van der Waals surface area contributed by atoms with Gasteiger partial charge >= 0.3 is 5.97 Å². The number of carbonyl (C=O) groups excluding carboxylic acids is 1. The van der Waals surface area contributed by atoms with Gasteiger partial charge in [-0.3, -0.25) is 0 Å². The Hall–Kier alpha value is -1.03. The fraction of sp³-hybridized carbons (Fsp3) is 0.462. The van der Waals surface area contributed by atoms with Gasteiger partial charge in [-0.15, -0.1) is 12.6 Å². The molecule has 1 aromatic carbocycles. The van der Waals surface area contributed by atoms with Gasteiger partial charge in [-0.25, -0.2) is 9.18 Å². The van der Waals surface area contributed by atoms with Crippen LogP contribution in [0.5, 0.6) is 0 Å². The summed E-state index contributed by atoms with van der Waals surface area (Å²) in [4.78, 5) is 12.1. The summed E-state index contributed by atoms with van der Waals surface area (Å²) in [5.74, 6) is -1.22. The topological polar surface area (TPSA) is 26.3 Å². The van der Waals surface area contributed by atoms with Crippen molar-refractivity contribution in [3.63, 3.8) is 0 Å². The summed E-state index contributed by atoms with van der Waals surface area (Å²) in [5, 5.41) is 0. The highest BCUT2D eigenvalue weighted by atomic mass is 32.1. The number of benzene rings is 1. The Balaban J connectivity index is 2.61. The molecule has 0 bridgehead atoms. The third kappa shape index (κ3) is 4.77. The van der Waals surface area contributed by atoms with E-state index in [-0.39, 0.29) is 11.0 Å². The second kappa shape index (κ2) is 5.54. The van der Waals surface area contributed by atoms with E-state index < -0.39 is 11.8 Å². The molecule has 17 heavy (non-hydrogen) atoms. The maximum absolute atomic E-state index is 13.3. The first kappa shape index (κ1) is 14.0. The van der Waals surface area contributed by atoms with E-state index in [9.17, 15) is 9.18 Å². The number of carbonyl (C=O) groups is 1. The van der Waals surface area contributed by atoms with Crippen LogP contribution >= 0.6 is 12.6 Å². The minimum atomic E-state index is -0.636. The zero-order chi connectivity index (χ0) is 13.1. The maximum atomic E-state index is 13.3. The molecule has 1 aromatic rings. The predicted octanol–water partition coefficient (Wildman–Crippen LogP) is 3.71. The van der Waals surface area contributed by atoms with Crippen LogP contribution in [0.2, 0.25) is 0 Å². The largest absolute Gasteiger partial charge is 0.462 e. The van der Waals surface area contributed by atoms with Crippen LogP contribution in [0, 0.1) is 11.2 Å². The second-order valence-corrected chi connectivity index (χ2v) is 5.63. The van der Waals surface area contributed by atoms with E-state index in [0.29, 0.717) is 11.5 Å². The molecule has 0 N–H and O–H groups in total. The summed E-state index contributed by atoms with van der Waals surface area (Å²) in [7, 11) is 0. The van der Waals surface area contributed by atoms with E-state index in [1.54, 1.807) is 0 Å². The van der Waals surface area contributed by atoms with Gasteiger partial charge in [0.1, 0.15) is 5.82 Å². The second-order valence-electron chi connectivity index (χ2n) is 5.11. The van der Waals surface area contributed by atoms with Crippen molar-refractivity contribution in [3.8, 4) is 0 Å². The van der Waals surface area contributed by atoms with Crippen molar-refractivity contribution >= 4 is 18.6 Å². The summed E-state index contributed by atoms with van der Waals surface area (Å²) in [6.07, 6.45) is 0.737. The van der Waals surface area contributed by atoms with Crippen molar-refractivity contribution in [1.82, 2.24) is 0 Å². The Morgan fingerprint density at radius 3 is 2.65 bits per heavy atom. The van der Waals surface area contributed by atoms with Crippen LogP contribution in [0.3, 0.4) is 0 Å². The van der Waals surface area contributed by atoms with Crippen LogP contribution in [-0.4, -0.2) is 12.6 Å². The molecule has 0 heterocycles. The minimum Gasteiger partial charge on any atom is -0.462 e. The fourth-order valence-electron chi connectivity index (χ4n) is 1.20. The van der Waals surface area contributed by atoms with Crippen molar-refractivity contribution in [3.05, 3.63) is 29.6 Å². The van der Waals surface area contributed by atoms with Crippen LogP contribution in [0.1, 0.15) is 37.6 Å². The van der Waals surface area contributed by atoms with Gasteiger partial charge in [0.15, 0.2) is 0 Å². The van der Waals surface area contributed by atoms with Crippen LogP contribution in [0.15, 0.2) is 23.1 Å². The zero-order valence-electron chi connectivity index (χ0n) is 10.3. The van der Waals surface area contributed by atoms with Gasteiger partial charge in [0, 0.05) is 4.90 Å². The molecule has 0 spiro atoms. The number of hydrogen-bond acceptors (Lipinski definition) is 3. The van der Waals surface area contributed by atoms with Gasteiger partial charge in [0.2, 0.25) is 0 Å².